The van der Waals surface area contributed by atoms with E-state index in [1.54, 1.807) is 0 Å². The van der Waals surface area contributed by atoms with Crippen LogP contribution in [0, 0.1) is 23.1 Å². The normalized spacial score (nSPS) is 16.9. The summed E-state index contributed by atoms with van der Waals surface area (Å²) in [5.74, 6) is 0.175. The van der Waals surface area contributed by atoms with Crippen LogP contribution in [0.1, 0.15) is 57.1 Å². The lowest BCUT2D eigenvalue weighted by Crippen LogP contribution is -2.37. The number of nitrogens with zero attached hydrogens (tertiary/aromatic N) is 2. The van der Waals surface area contributed by atoms with E-state index in [-0.39, 0.29) is 5.82 Å². The van der Waals surface area contributed by atoms with Crippen molar-refractivity contribution < 1.29 is 4.39 Å². The van der Waals surface area contributed by atoms with Crippen molar-refractivity contribution in [2.45, 2.75) is 63.8 Å². The highest BCUT2D eigenvalue weighted by atomic mass is 19.1. The molecule has 29 heavy (non-hydrogen) atoms. The summed E-state index contributed by atoms with van der Waals surface area (Å²) < 4.78 is 13.4. The minimum absolute atomic E-state index is 0.236. The SMILES string of the molecule is CCCN(CCc1ccccc1)C(C)CCC(C#N)(c1ccc(F)cc1)C1CC1. The van der Waals surface area contributed by atoms with E-state index in [2.05, 4.69) is 55.1 Å². The van der Waals surface area contributed by atoms with Gasteiger partial charge in [-0.2, -0.15) is 5.26 Å². The Morgan fingerprint density at radius 1 is 1.10 bits per heavy atom. The van der Waals surface area contributed by atoms with E-state index in [0.29, 0.717) is 12.0 Å². The Hall–Kier alpha value is -2.18. The van der Waals surface area contributed by atoms with Gasteiger partial charge in [0.15, 0.2) is 0 Å². The molecule has 1 fully saturated rings. The van der Waals surface area contributed by atoms with Crippen LogP contribution in [-0.4, -0.2) is 24.0 Å². The van der Waals surface area contributed by atoms with Crippen LogP contribution < -0.4 is 0 Å². The molecule has 1 aliphatic carbocycles. The zero-order valence-electron chi connectivity index (χ0n) is 17.8. The average Bonchev–Trinajstić information content (AvgIpc) is 3.59. The molecule has 3 heteroatoms. The first-order chi connectivity index (χ1) is 14.1. The number of halogens is 1. The van der Waals surface area contributed by atoms with Gasteiger partial charge in [-0.25, -0.2) is 4.39 Å². The van der Waals surface area contributed by atoms with E-state index in [9.17, 15) is 9.65 Å². The second-order valence-corrected chi connectivity index (χ2v) is 8.52. The molecule has 0 heterocycles. The van der Waals surface area contributed by atoms with Gasteiger partial charge < -0.3 is 4.90 Å². The summed E-state index contributed by atoms with van der Waals surface area (Å²) in [4.78, 5) is 2.56. The van der Waals surface area contributed by atoms with Crippen molar-refractivity contribution in [3.63, 3.8) is 0 Å². The van der Waals surface area contributed by atoms with Crippen LogP contribution >= 0.6 is 0 Å². The first-order valence-electron chi connectivity index (χ1n) is 11.0. The van der Waals surface area contributed by atoms with Crippen LogP contribution in [-0.2, 0) is 11.8 Å². The van der Waals surface area contributed by atoms with Crippen LogP contribution in [0.4, 0.5) is 4.39 Å². The molecule has 0 aliphatic heterocycles. The Morgan fingerprint density at radius 3 is 2.38 bits per heavy atom. The molecular weight excluding hydrogens is 359 g/mol. The molecule has 2 aromatic carbocycles. The van der Waals surface area contributed by atoms with E-state index < -0.39 is 5.41 Å². The van der Waals surface area contributed by atoms with Gasteiger partial charge in [0.2, 0.25) is 0 Å². The van der Waals surface area contributed by atoms with E-state index >= 15 is 0 Å². The molecule has 0 aromatic heterocycles. The van der Waals surface area contributed by atoms with Crippen molar-refractivity contribution in [1.82, 2.24) is 4.90 Å². The summed E-state index contributed by atoms with van der Waals surface area (Å²) in [7, 11) is 0. The molecule has 0 radical (unpaired) electrons. The van der Waals surface area contributed by atoms with Crippen LogP contribution in [0.25, 0.3) is 0 Å². The lowest BCUT2D eigenvalue weighted by Gasteiger charge is -2.33. The van der Waals surface area contributed by atoms with E-state index in [1.165, 1.54) is 17.7 Å². The maximum absolute atomic E-state index is 13.4. The van der Waals surface area contributed by atoms with Crippen molar-refractivity contribution >= 4 is 0 Å². The number of rotatable bonds is 11. The van der Waals surface area contributed by atoms with Crippen LogP contribution in [0.2, 0.25) is 0 Å². The highest BCUT2D eigenvalue weighted by Gasteiger charge is 2.46. The van der Waals surface area contributed by atoms with Crippen LogP contribution in [0.3, 0.4) is 0 Å². The molecule has 1 saturated carbocycles. The summed E-state index contributed by atoms with van der Waals surface area (Å²) in [6.45, 7) is 6.64. The molecule has 2 nitrogen and oxygen atoms in total. The molecule has 1 aliphatic rings. The first kappa shape index (κ1) is 21.5. The Labute approximate surface area is 175 Å². The lowest BCUT2D eigenvalue weighted by molar-refractivity contribution is 0.190. The standard InChI is InChI=1S/C26H33FN2/c1-3-18-29(19-16-22-7-5-4-6-8-22)21(2)15-17-26(20-28,23-9-10-23)24-11-13-25(27)14-12-24/h4-8,11-14,21,23H,3,9-10,15-19H2,1-2H3. The fourth-order valence-electron chi connectivity index (χ4n) is 4.50. The monoisotopic (exact) mass is 392 g/mol. The molecule has 0 N–H and O–H groups in total. The summed E-state index contributed by atoms with van der Waals surface area (Å²) in [6, 6.07) is 20.4. The van der Waals surface area contributed by atoms with Gasteiger partial charge in [-0.1, -0.05) is 49.4 Å². The predicted octanol–water partition coefficient (Wildman–Crippen LogP) is 6.12. The molecule has 0 saturated heterocycles. The minimum atomic E-state index is -0.473. The largest absolute Gasteiger partial charge is 0.300 e. The molecule has 2 aromatic rings. The van der Waals surface area contributed by atoms with Crippen molar-refractivity contribution in [2.75, 3.05) is 13.1 Å². The second kappa shape index (κ2) is 10.0. The maximum atomic E-state index is 13.4. The topological polar surface area (TPSA) is 27.0 Å². The highest BCUT2D eigenvalue weighted by Crippen LogP contribution is 2.50. The average molecular weight is 393 g/mol. The van der Waals surface area contributed by atoms with Gasteiger partial charge in [-0.15, -0.1) is 0 Å². The smallest absolute Gasteiger partial charge is 0.123 e. The molecule has 3 rings (SSSR count). The third-order valence-electron chi connectivity index (χ3n) is 6.45. The van der Waals surface area contributed by atoms with Gasteiger partial charge in [-0.3, -0.25) is 0 Å². The summed E-state index contributed by atoms with van der Waals surface area (Å²) >= 11 is 0. The number of benzene rings is 2. The van der Waals surface area contributed by atoms with Gasteiger partial charge in [0.05, 0.1) is 11.5 Å². The second-order valence-electron chi connectivity index (χ2n) is 8.52. The Bertz CT molecular complexity index is 792. The zero-order chi connectivity index (χ0) is 20.7. The van der Waals surface area contributed by atoms with Gasteiger partial charge >= 0.3 is 0 Å². The fourth-order valence-corrected chi connectivity index (χ4v) is 4.50. The van der Waals surface area contributed by atoms with Gasteiger partial charge in [-0.05, 0) is 81.2 Å². The molecule has 2 atom stereocenters. The van der Waals surface area contributed by atoms with Crippen LogP contribution in [0.5, 0.6) is 0 Å². The predicted molar refractivity (Wildman–Crippen MR) is 117 cm³/mol. The number of hydrogen-bond acceptors (Lipinski definition) is 2. The first-order valence-corrected chi connectivity index (χ1v) is 11.0. The van der Waals surface area contributed by atoms with E-state index in [0.717, 1.165) is 57.2 Å². The van der Waals surface area contributed by atoms with Crippen molar-refractivity contribution in [3.8, 4) is 6.07 Å². The van der Waals surface area contributed by atoms with Gasteiger partial charge in [0, 0.05) is 12.6 Å². The van der Waals surface area contributed by atoms with Crippen LogP contribution in [0.15, 0.2) is 54.6 Å². The molecule has 0 bridgehead atoms. The molecule has 0 spiro atoms. The molecule has 154 valence electrons. The van der Waals surface area contributed by atoms with Gasteiger partial charge in [0.1, 0.15) is 5.82 Å². The van der Waals surface area contributed by atoms with Gasteiger partial charge in [0.25, 0.3) is 0 Å². The third kappa shape index (κ3) is 5.46. The van der Waals surface area contributed by atoms with Crippen molar-refractivity contribution in [2.24, 2.45) is 5.92 Å². The molecule has 0 amide bonds. The Morgan fingerprint density at radius 2 is 1.79 bits per heavy atom. The molecular formula is C26H33FN2. The summed E-state index contributed by atoms with van der Waals surface area (Å²) in [6.07, 6.45) is 6.21. The maximum Gasteiger partial charge on any atom is 0.123 e. The van der Waals surface area contributed by atoms with Crippen molar-refractivity contribution in [1.29, 1.82) is 5.26 Å². The number of nitriles is 1. The fraction of sp³-hybridized carbons (Fsp3) is 0.500. The number of hydrogen-bond donors (Lipinski definition) is 0. The quantitative estimate of drug-likeness (QED) is 0.460. The Kier molecular flexibility index (Phi) is 7.45. The Balaban J connectivity index is 1.66. The van der Waals surface area contributed by atoms with Crippen molar-refractivity contribution in [3.05, 3.63) is 71.5 Å². The molecule has 2 unspecified atom stereocenters. The van der Waals surface area contributed by atoms with E-state index in [1.807, 2.05) is 12.1 Å². The van der Waals surface area contributed by atoms with E-state index in [4.69, 9.17) is 0 Å². The summed E-state index contributed by atoms with van der Waals surface area (Å²) in [5.41, 5.74) is 1.89. The highest BCUT2D eigenvalue weighted by molar-refractivity contribution is 5.35. The summed E-state index contributed by atoms with van der Waals surface area (Å²) in [5, 5.41) is 10.2. The lowest BCUT2D eigenvalue weighted by atomic mass is 9.73. The third-order valence-corrected chi connectivity index (χ3v) is 6.45. The minimum Gasteiger partial charge on any atom is -0.300 e. The zero-order valence-corrected chi connectivity index (χ0v) is 17.8.